The van der Waals surface area contributed by atoms with E-state index in [2.05, 4.69) is 4.98 Å². The second-order valence-corrected chi connectivity index (χ2v) is 8.04. The summed E-state index contributed by atoms with van der Waals surface area (Å²) < 4.78 is 12.5. The van der Waals surface area contributed by atoms with Crippen molar-refractivity contribution in [1.29, 1.82) is 5.26 Å². The van der Waals surface area contributed by atoms with Gasteiger partial charge in [-0.2, -0.15) is 10.2 Å². The number of hydrogen-bond donors (Lipinski definition) is 0. The average Bonchev–Trinajstić information content (AvgIpc) is 3.44. The Balaban J connectivity index is 1.54. The Morgan fingerprint density at radius 2 is 2.00 bits per heavy atom. The highest BCUT2D eigenvalue weighted by atomic mass is 32.1. The zero-order valence-corrected chi connectivity index (χ0v) is 17.4. The predicted molar refractivity (Wildman–Crippen MR) is 116 cm³/mol. The third-order valence-corrected chi connectivity index (χ3v) is 6.17. The van der Waals surface area contributed by atoms with Crippen LogP contribution in [0.2, 0.25) is 0 Å². The quantitative estimate of drug-likeness (QED) is 0.339. The van der Waals surface area contributed by atoms with E-state index in [1.165, 1.54) is 11.3 Å². The molecule has 1 aliphatic heterocycles. The van der Waals surface area contributed by atoms with Crippen molar-refractivity contribution in [2.45, 2.75) is 13.8 Å². The number of benzene rings is 1. The highest BCUT2D eigenvalue weighted by Gasteiger charge is 2.34. The van der Waals surface area contributed by atoms with Crippen LogP contribution in [0.5, 0.6) is 0 Å². The van der Waals surface area contributed by atoms with Gasteiger partial charge < -0.3 is 8.83 Å². The zero-order chi connectivity index (χ0) is 21.7. The molecule has 0 unspecified atom stereocenters. The summed E-state index contributed by atoms with van der Waals surface area (Å²) in [6.45, 7) is 3.47. The summed E-state index contributed by atoms with van der Waals surface area (Å²) in [5.41, 5.74) is 1.79. The van der Waals surface area contributed by atoms with E-state index in [1.54, 1.807) is 26.0 Å². The SMILES string of the molecule is CCN1C(=O)C(C#N)=C(C)/C(=C/c2cc3sc(-c4cc5ccccc5o4)nc3o2)C1=O. The molecule has 1 aromatic carbocycles. The molecule has 0 fully saturated rings. The lowest BCUT2D eigenvalue weighted by Crippen LogP contribution is -2.42. The maximum atomic E-state index is 12.7. The number of imide groups is 1. The van der Waals surface area contributed by atoms with Crippen LogP contribution < -0.4 is 0 Å². The van der Waals surface area contributed by atoms with Crippen molar-refractivity contribution in [3.63, 3.8) is 0 Å². The van der Waals surface area contributed by atoms with E-state index in [0.29, 0.717) is 27.8 Å². The molecule has 31 heavy (non-hydrogen) atoms. The summed E-state index contributed by atoms with van der Waals surface area (Å²) >= 11 is 1.42. The van der Waals surface area contributed by atoms with Crippen LogP contribution >= 0.6 is 11.3 Å². The van der Waals surface area contributed by atoms with E-state index in [4.69, 9.17) is 8.83 Å². The second-order valence-electron chi connectivity index (χ2n) is 7.01. The van der Waals surface area contributed by atoms with Crippen molar-refractivity contribution in [3.8, 4) is 16.8 Å². The van der Waals surface area contributed by atoms with Crippen LogP contribution in [-0.2, 0) is 9.59 Å². The fourth-order valence-corrected chi connectivity index (χ4v) is 4.46. The molecule has 0 radical (unpaired) electrons. The Labute approximate surface area is 180 Å². The molecule has 0 aliphatic carbocycles. The number of likely N-dealkylation sites (N-methyl/N-ethyl adjacent to an activating group) is 1. The van der Waals surface area contributed by atoms with E-state index in [1.807, 2.05) is 36.4 Å². The molecule has 0 atom stereocenters. The summed E-state index contributed by atoms with van der Waals surface area (Å²) in [5, 5.41) is 11.0. The molecule has 0 N–H and O–H groups in total. The summed E-state index contributed by atoms with van der Waals surface area (Å²) in [7, 11) is 0. The Morgan fingerprint density at radius 1 is 1.19 bits per heavy atom. The first-order valence-electron chi connectivity index (χ1n) is 9.58. The molecule has 3 aromatic heterocycles. The smallest absolute Gasteiger partial charge is 0.271 e. The van der Waals surface area contributed by atoms with Crippen LogP contribution in [-0.4, -0.2) is 28.2 Å². The third kappa shape index (κ3) is 2.98. The Hall–Kier alpha value is -3.96. The number of nitrogens with zero attached hydrogens (tertiary/aromatic N) is 3. The number of rotatable bonds is 3. The van der Waals surface area contributed by atoms with Crippen LogP contribution in [0.1, 0.15) is 19.6 Å². The van der Waals surface area contributed by atoms with E-state index in [9.17, 15) is 14.9 Å². The fourth-order valence-electron chi connectivity index (χ4n) is 3.58. The molecule has 0 bridgehead atoms. The molecule has 152 valence electrons. The molecule has 8 heteroatoms. The van der Waals surface area contributed by atoms with E-state index < -0.39 is 11.8 Å². The molecule has 0 saturated carbocycles. The number of aromatic nitrogens is 1. The lowest BCUT2D eigenvalue weighted by molar-refractivity contribution is -0.140. The summed E-state index contributed by atoms with van der Waals surface area (Å²) in [6.07, 6.45) is 1.55. The van der Waals surface area contributed by atoms with E-state index in [0.717, 1.165) is 20.6 Å². The van der Waals surface area contributed by atoms with Crippen molar-refractivity contribution < 1.29 is 18.4 Å². The van der Waals surface area contributed by atoms with Crippen LogP contribution in [0.15, 0.2) is 62.0 Å². The predicted octanol–water partition coefficient (Wildman–Crippen LogP) is 4.91. The van der Waals surface area contributed by atoms with Gasteiger partial charge in [0, 0.05) is 23.6 Å². The van der Waals surface area contributed by atoms with Gasteiger partial charge in [-0.3, -0.25) is 14.5 Å². The van der Waals surface area contributed by atoms with Gasteiger partial charge in [0.1, 0.15) is 23.0 Å². The highest BCUT2D eigenvalue weighted by Crippen LogP contribution is 2.36. The minimum atomic E-state index is -0.567. The average molecular weight is 429 g/mol. The van der Waals surface area contributed by atoms with Crippen molar-refractivity contribution >= 4 is 50.6 Å². The number of thiazole rings is 1. The van der Waals surface area contributed by atoms with Crippen molar-refractivity contribution in [3.05, 3.63) is 58.9 Å². The van der Waals surface area contributed by atoms with Crippen molar-refractivity contribution in [1.82, 2.24) is 9.88 Å². The number of hydrogen-bond acceptors (Lipinski definition) is 7. The molecule has 4 aromatic rings. The lowest BCUT2D eigenvalue weighted by atomic mass is 9.95. The summed E-state index contributed by atoms with van der Waals surface area (Å²) in [6, 6.07) is 13.4. The first-order valence-corrected chi connectivity index (χ1v) is 10.4. The van der Waals surface area contributed by atoms with Gasteiger partial charge in [0.2, 0.25) is 5.71 Å². The number of nitriles is 1. The molecule has 1 aliphatic rings. The first-order chi connectivity index (χ1) is 15.0. The topological polar surface area (TPSA) is 100 Å². The Kier molecular flexibility index (Phi) is 4.34. The molecule has 0 saturated heterocycles. The van der Waals surface area contributed by atoms with Crippen molar-refractivity contribution in [2.75, 3.05) is 6.54 Å². The minimum Gasteiger partial charge on any atom is -0.454 e. The standard InChI is InChI=1S/C23H15N3O4S/c1-3-26-22(27)15(12(2)16(11-24)23(26)28)9-14-10-19-20(29-14)25-21(31-19)18-8-13-6-4-5-7-17(13)30-18/h4-10H,3H2,1-2H3/b15-9-. The van der Waals surface area contributed by atoms with Gasteiger partial charge in [0.25, 0.3) is 11.8 Å². The normalized spacial score (nSPS) is 16.2. The molecule has 5 rings (SSSR count). The number of amides is 2. The number of fused-ring (bicyclic) bond motifs is 2. The van der Waals surface area contributed by atoms with Crippen molar-refractivity contribution in [2.24, 2.45) is 0 Å². The Bertz CT molecular complexity index is 1430. The number of carbonyl (C=O) groups is 2. The highest BCUT2D eigenvalue weighted by molar-refractivity contribution is 7.21. The van der Waals surface area contributed by atoms with Crippen LogP contribution in [0.25, 0.3) is 38.2 Å². The van der Waals surface area contributed by atoms with Crippen LogP contribution in [0.3, 0.4) is 0 Å². The summed E-state index contributed by atoms with van der Waals surface area (Å²) in [5.74, 6) is 0.0756. The van der Waals surface area contributed by atoms with Gasteiger partial charge in [0.15, 0.2) is 10.8 Å². The largest absolute Gasteiger partial charge is 0.454 e. The van der Waals surface area contributed by atoms with Gasteiger partial charge in [-0.1, -0.05) is 18.2 Å². The number of para-hydroxylation sites is 1. The second kappa shape index (κ2) is 7.07. The zero-order valence-electron chi connectivity index (χ0n) is 16.6. The van der Waals surface area contributed by atoms with Gasteiger partial charge in [0.05, 0.1) is 4.70 Å². The van der Waals surface area contributed by atoms with Crippen LogP contribution in [0.4, 0.5) is 0 Å². The monoisotopic (exact) mass is 429 g/mol. The summed E-state index contributed by atoms with van der Waals surface area (Å²) in [4.78, 5) is 30.6. The van der Waals surface area contributed by atoms with Gasteiger partial charge in [-0.15, -0.1) is 11.3 Å². The van der Waals surface area contributed by atoms with E-state index >= 15 is 0 Å². The van der Waals surface area contributed by atoms with Gasteiger partial charge in [-0.05, 0) is 37.6 Å². The van der Waals surface area contributed by atoms with E-state index in [-0.39, 0.29) is 17.7 Å². The van der Waals surface area contributed by atoms with Crippen LogP contribution in [0, 0.1) is 11.3 Å². The fraction of sp³-hybridized carbons (Fsp3) is 0.130. The minimum absolute atomic E-state index is 0.0358. The maximum absolute atomic E-state index is 12.7. The van der Waals surface area contributed by atoms with Gasteiger partial charge in [-0.25, -0.2) is 0 Å². The molecule has 0 spiro atoms. The number of carbonyl (C=O) groups excluding carboxylic acids is 2. The Morgan fingerprint density at radius 3 is 2.71 bits per heavy atom. The molecule has 2 amide bonds. The van der Waals surface area contributed by atoms with Gasteiger partial charge >= 0.3 is 0 Å². The number of furan rings is 2. The molecular formula is C23H15N3O4S. The molecular weight excluding hydrogens is 414 g/mol. The maximum Gasteiger partial charge on any atom is 0.271 e. The molecule has 7 nitrogen and oxygen atoms in total. The molecule has 4 heterocycles. The lowest BCUT2D eigenvalue weighted by Gasteiger charge is -2.25. The first kappa shape index (κ1) is 19.0. The third-order valence-electron chi connectivity index (χ3n) is 5.17.